The summed E-state index contributed by atoms with van der Waals surface area (Å²) in [6, 6.07) is 6.56. The number of nitrogens with two attached hydrogens (primary N) is 2. The SMILES string of the molecule is CC(C)(CC(N)=O)NC(=O)c1ccc(N)cc1. The first kappa shape index (κ1) is 13.0. The van der Waals surface area contributed by atoms with E-state index < -0.39 is 11.4 Å². The lowest BCUT2D eigenvalue weighted by atomic mass is 9.99. The Labute approximate surface area is 100 Å². The van der Waals surface area contributed by atoms with E-state index in [9.17, 15) is 9.59 Å². The second-order valence-corrected chi connectivity index (χ2v) is 4.60. The van der Waals surface area contributed by atoms with E-state index in [1.54, 1.807) is 38.1 Å². The Kier molecular flexibility index (Phi) is 3.73. The van der Waals surface area contributed by atoms with Gasteiger partial charge in [0, 0.05) is 23.2 Å². The van der Waals surface area contributed by atoms with Gasteiger partial charge in [-0.3, -0.25) is 9.59 Å². The summed E-state index contributed by atoms with van der Waals surface area (Å²) in [6.45, 7) is 3.49. The number of carbonyl (C=O) groups excluding carboxylic acids is 2. The van der Waals surface area contributed by atoms with Gasteiger partial charge in [-0.25, -0.2) is 0 Å². The van der Waals surface area contributed by atoms with E-state index in [0.717, 1.165) is 0 Å². The number of hydrogen-bond acceptors (Lipinski definition) is 3. The van der Waals surface area contributed by atoms with Gasteiger partial charge in [0.25, 0.3) is 5.91 Å². The monoisotopic (exact) mass is 235 g/mol. The topological polar surface area (TPSA) is 98.2 Å². The standard InChI is InChI=1S/C12H17N3O2/c1-12(2,7-10(14)16)15-11(17)8-3-5-9(13)6-4-8/h3-6H,7,13H2,1-2H3,(H2,14,16)(H,15,17). The molecule has 5 N–H and O–H groups in total. The van der Waals surface area contributed by atoms with Gasteiger partial charge in [-0.1, -0.05) is 0 Å². The van der Waals surface area contributed by atoms with Gasteiger partial charge in [-0.2, -0.15) is 0 Å². The molecule has 0 radical (unpaired) electrons. The predicted octanol–water partition coefficient (Wildman–Crippen LogP) is 0.653. The van der Waals surface area contributed by atoms with Crippen LogP contribution >= 0.6 is 0 Å². The predicted molar refractivity (Wildman–Crippen MR) is 66.2 cm³/mol. The molecule has 0 saturated carbocycles. The minimum absolute atomic E-state index is 0.0910. The highest BCUT2D eigenvalue weighted by Gasteiger charge is 2.23. The number of amides is 2. The van der Waals surface area contributed by atoms with Crippen LogP contribution in [0.3, 0.4) is 0 Å². The Bertz CT molecular complexity index is 424. The molecule has 0 unspecified atom stereocenters. The molecular weight excluding hydrogens is 218 g/mol. The Morgan fingerprint density at radius 3 is 2.24 bits per heavy atom. The van der Waals surface area contributed by atoms with Crippen molar-refractivity contribution in [1.82, 2.24) is 5.32 Å². The highest BCUT2D eigenvalue weighted by Crippen LogP contribution is 2.11. The molecule has 0 aliphatic carbocycles. The lowest BCUT2D eigenvalue weighted by molar-refractivity contribution is -0.119. The zero-order valence-corrected chi connectivity index (χ0v) is 9.99. The average molecular weight is 235 g/mol. The Morgan fingerprint density at radius 2 is 1.76 bits per heavy atom. The molecule has 0 fully saturated rings. The summed E-state index contributed by atoms with van der Waals surface area (Å²) in [5.74, 6) is -0.705. The van der Waals surface area contributed by atoms with Crippen LogP contribution in [0.15, 0.2) is 24.3 Å². The number of anilines is 1. The van der Waals surface area contributed by atoms with Crippen LogP contribution in [0.25, 0.3) is 0 Å². The number of nitrogen functional groups attached to an aromatic ring is 1. The van der Waals surface area contributed by atoms with E-state index >= 15 is 0 Å². The second kappa shape index (κ2) is 4.86. The lowest BCUT2D eigenvalue weighted by Gasteiger charge is -2.24. The number of rotatable bonds is 4. The van der Waals surface area contributed by atoms with Gasteiger partial charge in [-0.15, -0.1) is 0 Å². The fraction of sp³-hybridized carbons (Fsp3) is 0.333. The van der Waals surface area contributed by atoms with Gasteiger partial charge >= 0.3 is 0 Å². The molecule has 0 aliphatic heterocycles. The fourth-order valence-electron chi connectivity index (χ4n) is 1.49. The van der Waals surface area contributed by atoms with Gasteiger partial charge in [0.15, 0.2) is 0 Å². The largest absolute Gasteiger partial charge is 0.399 e. The molecule has 2 amide bonds. The molecule has 0 spiro atoms. The fourth-order valence-corrected chi connectivity index (χ4v) is 1.49. The second-order valence-electron chi connectivity index (χ2n) is 4.60. The molecule has 0 aliphatic rings. The molecule has 1 rings (SSSR count). The summed E-state index contributed by atoms with van der Waals surface area (Å²) in [5.41, 5.74) is 11.1. The van der Waals surface area contributed by atoms with Gasteiger partial charge in [0.2, 0.25) is 5.91 Å². The molecule has 0 bridgehead atoms. The maximum Gasteiger partial charge on any atom is 0.251 e. The Balaban J connectivity index is 2.72. The average Bonchev–Trinajstić information content (AvgIpc) is 2.15. The number of hydrogen-bond donors (Lipinski definition) is 3. The normalized spacial score (nSPS) is 10.9. The summed E-state index contributed by atoms with van der Waals surface area (Å²) in [5, 5.41) is 2.74. The molecular formula is C12H17N3O2. The molecule has 5 heteroatoms. The van der Waals surface area contributed by atoms with Crippen molar-refractivity contribution in [1.29, 1.82) is 0 Å². The van der Waals surface area contributed by atoms with Crippen LogP contribution in [-0.4, -0.2) is 17.4 Å². The van der Waals surface area contributed by atoms with E-state index in [-0.39, 0.29) is 12.3 Å². The Hall–Kier alpha value is -2.04. The highest BCUT2D eigenvalue weighted by atomic mass is 16.2. The van der Waals surface area contributed by atoms with E-state index in [1.165, 1.54) is 0 Å². The van der Waals surface area contributed by atoms with E-state index in [1.807, 2.05) is 0 Å². The van der Waals surface area contributed by atoms with Crippen molar-refractivity contribution < 1.29 is 9.59 Å². The summed E-state index contributed by atoms with van der Waals surface area (Å²) >= 11 is 0. The zero-order valence-electron chi connectivity index (χ0n) is 9.99. The molecule has 1 aromatic rings. The zero-order chi connectivity index (χ0) is 13.1. The molecule has 0 saturated heterocycles. The van der Waals surface area contributed by atoms with Crippen LogP contribution in [0.1, 0.15) is 30.6 Å². The van der Waals surface area contributed by atoms with Gasteiger partial charge < -0.3 is 16.8 Å². The number of carbonyl (C=O) groups is 2. The van der Waals surface area contributed by atoms with Crippen molar-refractivity contribution in [3.8, 4) is 0 Å². The van der Waals surface area contributed by atoms with Crippen LogP contribution in [0.5, 0.6) is 0 Å². The third-order valence-electron chi connectivity index (χ3n) is 2.24. The number of nitrogens with one attached hydrogen (secondary N) is 1. The summed E-state index contributed by atoms with van der Waals surface area (Å²) < 4.78 is 0. The minimum Gasteiger partial charge on any atom is -0.399 e. The maximum absolute atomic E-state index is 11.8. The van der Waals surface area contributed by atoms with E-state index in [4.69, 9.17) is 11.5 Å². The quantitative estimate of drug-likeness (QED) is 0.668. The molecule has 1 aromatic carbocycles. The van der Waals surface area contributed by atoms with Crippen molar-refractivity contribution in [2.24, 2.45) is 5.73 Å². The smallest absolute Gasteiger partial charge is 0.251 e. The number of primary amides is 1. The van der Waals surface area contributed by atoms with Crippen molar-refractivity contribution >= 4 is 17.5 Å². The van der Waals surface area contributed by atoms with Crippen molar-refractivity contribution in [2.45, 2.75) is 25.8 Å². The first-order valence-corrected chi connectivity index (χ1v) is 5.26. The van der Waals surface area contributed by atoms with Crippen molar-refractivity contribution in [3.05, 3.63) is 29.8 Å². The van der Waals surface area contributed by atoms with Gasteiger partial charge in [-0.05, 0) is 38.1 Å². The van der Waals surface area contributed by atoms with Gasteiger partial charge in [0.1, 0.15) is 0 Å². The molecule has 5 nitrogen and oxygen atoms in total. The first-order valence-electron chi connectivity index (χ1n) is 5.26. The van der Waals surface area contributed by atoms with Crippen LogP contribution in [-0.2, 0) is 4.79 Å². The summed E-state index contributed by atoms with van der Waals surface area (Å²) in [7, 11) is 0. The van der Waals surface area contributed by atoms with Crippen LogP contribution < -0.4 is 16.8 Å². The molecule has 0 aromatic heterocycles. The summed E-state index contributed by atoms with van der Waals surface area (Å²) in [4.78, 5) is 22.7. The highest BCUT2D eigenvalue weighted by molar-refractivity contribution is 5.95. The lowest BCUT2D eigenvalue weighted by Crippen LogP contribution is -2.46. The first-order chi connectivity index (χ1) is 7.80. The van der Waals surface area contributed by atoms with E-state index in [2.05, 4.69) is 5.32 Å². The van der Waals surface area contributed by atoms with Crippen molar-refractivity contribution in [3.63, 3.8) is 0 Å². The van der Waals surface area contributed by atoms with E-state index in [0.29, 0.717) is 11.3 Å². The molecule has 0 heterocycles. The maximum atomic E-state index is 11.8. The third-order valence-corrected chi connectivity index (χ3v) is 2.24. The third kappa shape index (κ3) is 4.14. The van der Waals surface area contributed by atoms with Crippen LogP contribution in [0.2, 0.25) is 0 Å². The minimum atomic E-state index is -0.662. The summed E-state index contributed by atoms with van der Waals surface area (Å²) in [6.07, 6.45) is 0.0910. The van der Waals surface area contributed by atoms with Crippen molar-refractivity contribution in [2.75, 3.05) is 5.73 Å². The van der Waals surface area contributed by atoms with Crippen LogP contribution in [0.4, 0.5) is 5.69 Å². The molecule has 17 heavy (non-hydrogen) atoms. The van der Waals surface area contributed by atoms with Crippen LogP contribution in [0, 0.1) is 0 Å². The number of benzene rings is 1. The molecule has 0 atom stereocenters. The Morgan fingerprint density at radius 1 is 1.24 bits per heavy atom. The molecule has 92 valence electrons. The van der Waals surface area contributed by atoms with Gasteiger partial charge in [0.05, 0.1) is 0 Å².